The van der Waals surface area contributed by atoms with Gasteiger partial charge in [0, 0.05) is 55.3 Å². The van der Waals surface area contributed by atoms with Crippen LogP contribution in [0.25, 0.3) is 88.2 Å². The summed E-state index contributed by atoms with van der Waals surface area (Å²) in [5.74, 6) is 0. The van der Waals surface area contributed by atoms with Gasteiger partial charge in [-0.15, -0.1) is 0 Å². The average Bonchev–Trinajstić information content (AvgIpc) is 4.01. The van der Waals surface area contributed by atoms with Crippen LogP contribution in [0.4, 0.5) is 34.1 Å². The Morgan fingerprint density at radius 2 is 0.700 bits per heavy atom. The van der Waals surface area contributed by atoms with Crippen molar-refractivity contribution in [2.45, 2.75) is 38.5 Å². The first-order valence-corrected chi connectivity index (χ1v) is 27.9. The van der Waals surface area contributed by atoms with Crippen LogP contribution in [-0.4, -0.2) is 4.98 Å². The summed E-state index contributed by atoms with van der Waals surface area (Å²) >= 11 is 0. The Bertz CT molecular complexity index is 4580. The lowest BCUT2D eigenvalue weighted by atomic mass is 9.82. The molecule has 0 unspecified atom stereocenters. The molecule has 0 N–H and O–H groups in total. The third kappa shape index (κ3) is 7.60. The van der Waals surface area contributed by atoms with Gasteiger partial charge in [0.05, 0.1) is 22.6 Å². The highest BCUT2D eigenvalue weighted by molar-refractivity contribution is 6.04. The Morgan fingerprint density at radius 3 is 1.27 bits per heavy atom. The molecular formula is C77H57N3. The van der Waals surface area contributed by atoms with Crippen LogP contribution >= 0.6 is 0 Å². The van der Waals surface area contributed by atoms with Gasteiger partial charge in [0.25, 0.3) is 0 Å². The molecule has 15 rings (SSSR count). The Balaban J connectivity index is 0.797. The molecule has 0 atom stereocenters. The molecule has 2 aliphatic carbocycles. The van der Waals surface area contributed by atoms with Gasteiger partial charge in [-0.2, -0.15) is 0 Å². The van der Waals surface area contributed by atoms with Crippen LogP contribution in [0, 0.1) is 0 Å². The van der Waals surface area contributed by atoms with Gasteiger partial charge in [0.2, 0.25) is 0 Å². The van der Waals surface area contributed by atoms with E-state index in [2.05, 4.69) is 310 Å². The molecule has 0 spiro atoms. The number of fused-ring (bicyclic) bond motifs is 9. The van der Waals surface area contributed by atoms with E-state index in [1.54, 1.807) is 0 Å². The topological polar surface area (TPSA) is 19.4 Å². The predicted molar refractivity (Wildman–Crippen MR) is 338 cm³/mol. The standard InChI is InChI=1S/C77H57N3/c1-76(2)68-28-14-12-26-62(68)64-43-40-58(47-70(64)76)79(74-30-16-22-52-20-8-10-24-60(52)74)56-38-36-51(37-39-56)50-32-34-55(35-33-50)73-49-66(54-18-6-5-7-19-54)67-46-57(42-45-72(67)78-73)80(75-31-17-23-53-21-9-11-25-61(53)75)59-41-44-65-63-27-13-15-29-69(63)77(3,4)71(65)48-59/h5-49H,1-4H3. The minimum atomic E-state index is -0.143. The quantitative estimate of drug-likeness (QED) is 0.144. The first kappa shape index (κ1) is 47.4. The molecule has 80 heavy (non-hydrogen) atoms. The van der Waals surface area contributed by atoms with Crippen molar-refractivity contribution in [1.29, 1.82) is 0 Å². The monoisotopic (exact) mass is 1020 g/mol. The van der Waals surface area contributed by atoms with Gasteiger partial charge in [-0.05, 0) is 150 Å². The number of hydrogen-bond donors (Lipinski definition) is 0. The van der Waals surface area contributed by atoms with Crippen molar-refractivity contribution in [1.82, 2.24) is 4.98 Å². The van der Waals surface area contributed by atoms with Crippen molar-refractivity contribution < 1.29 is 0 Å². The number of benzene rings is 12. The number of pyridine rings is 1. The molecule has 380 valence electrons. The molecule has 1 aromatic heterocycles. The molecule has 0 saturated heterocycles. The maximum absolute atomic E-state index is 5.45. The van der Waals surface area contributed by atoms with Crippen molar-refractivity contribution in [3.05, 3.63) is 295 Å². The van der Waals surface area contributed by atoms with E-state index in [9.17, 15) is 0 Å². The van der Waals surface area contributed by atoms with Crippen molar-refractivity contribution in [2.24, 2.45) is 0 Å². The first-order valence-electron chi connectivity index (χ1n) is 27.9. The van der Waals surface area contributed by atoms with Crippen LogP contribution in [-0.2, 0) is 10.8 Å². The number of aromatic nitrogens is 1. The highest BCUT2D eigenvalue weighted by Gasteiger charge is 2.37. The second-order valence-electron chi connectivity index (χ2n) is 22.7. The van der Waals surface area contributed by atoms with Crippen LogP contribution in [0.15, 0.2) is 273 Å². The third-order valence-corrected chi connectivity index (χ3v) is 17.4. The zero-order chi connectivity index (χ0) is 53.7. The Morgan fingerprint density at radius 1 is 0.275 bits per heavy atom. The first-order chi connectivity index (χ1) is 39.2. The minimum absolute atomic E-state index is 0.117. The fraction of sp³-hybridized carbons (Fsp3) is 0.0779. The van der Waals surface area contributed by atoms with Crippen LogP contribution in [0.3, 0.4) is 0 Å². The van der Waals surface area contributed by atoms with Crippen molar-refractivity contribution in [3.8, 4) is 55.8 Å². The Labute approximate surface area is 468 Å². The summed E-state index contributed by atoms with van der Waals surface area (Å²) in [6.07, 6.45) is 0. The van der Waals surface area contributed by atoms with E-state index in [1.807, 2.05) is 0 Å². The number of nitrogens with zero attached hydrogens (tertiary/aromatic N) is 3. The van der Waals surface area contributed by atoms with Gasteiger partial charge in [-0.3, -0.25) is 0 Å². The van der Waals surface area contributed by atoms with E-state index in [0.29, 0.717) is 0 Å². The smallest absolute Gasteiger partial charge is 0.0717 e. The van der Waals surface area contributed by atoms with E-state index in [0.717, 1.165) is 78.5 Å². The number of hydrogen-bond acceptors (Lipinski definition) is 3. The largest absolute Gasteiger partial charge is 0.310 e. The predicted octanol–water partition coefficient (Wildman–Crippen LogP) is 21.1. The summed E-state index contributed by atoms with van der Waals surface area (Å²) in [4.78, 5) is 10.3. The molecule has 3 nitrogen and oxygen atoms in total. The molecule has 0 bridgehead atoms. The van der Waals surface area contributed by atoms with Gasteiger partial charge in [0.15, 0.2) is 0 Å². The lowest BCUT2D eigenvalue weighted by molar-refractivity contribution is 0.660. The third-order valence-electron chi connectivity index (χ3n) is 17.4. The highest BCUT2D eigenvalue weighted by atomic mass is 15.1. The zero-order valence-corrected chi connectivity index (χ0v) is 45.3. The molecule has 12 aromatic carbocycles. The fourth-order valence-electron chi connectivity index (χ4n) is 13.3. The van der Waals surface area contributed by atoms with E-state index in [1.165, 1.54) is 66.1 Å². The van der Waals surface area contributed by atoms with E-state index >= 15 is 0 Å². The molecule has 1 heterocycles. The van der Waals surface area contributed by atoms with Crippen LogP contribution in [0.5, 0.6) is 0 Å². The molecule has 0 saturated carbocycles. The fourth-order valence-corrected chi connectivity index (χ4v) is 13.3. The van der Waals surface area contributed by atoms with Crippen LogP contribution < -0.4 is 9.80 Å². The van der Waals surface area contributed by atoms with Gasteiger partial charge >= 0.3 is 0 Å². The van der Waals surface area contributed by atoms with E-state index < -0.39 is 0 Å². The van der Waals surface area contributed by atoms with Crippen molar-refractivity contribution >= 4 is 66.6 Å². The highest BCUT2D eigenvalue weighted by Crippen LogP contribution is 2.53. The normalized spacial score (nSPS) is 13.4. The summed E-state index contributed by atoms with van der Waals surface area (Å²) < 4.78 is 0. The van der Waals surface area contributed by atoms with Crippen molar-refractivity contribution in [3.63, 3.8) is 0 Å². The van der Waals surface area contributed by atoms with Gasteiger partial charge in [-0.1, -0.05) is 228 Å². The van der Waals surface area contributed by atoms with E-state index in [4.69, 9.17) is 4.98 Å². The van der Waals surface area contributed by atoms with Crippen molar-refractivity contribution in [2.75, 3.05) is 9.80 Å². The maximum Gasteiger partial charge on any atom is 0.0717 e. The van der Waals surface area contributed by atoms with Gasteiger partial charge < -0.3 is 9.80 Å². The summed E-state index contributed by atoms with van der Waals surface area (Å²) in [6.45, 7) is 9.43. The molecular weight excluding hydrogens is 967 g/mol. The van der Waals surface area contributed by atoms with Gasteiger partial charge in [-0.25, -0.2) is 4.98 Å². The molecule has 0 amide bonds. The van der Waals surface area contributed by atoms with E-state index in [-0.39, 0.29) is 10.8 Å². The van der Waals surface area contributed by atoms with Gasteiger partial charge in [0.1, 0.15) is 0 Å². The Kier molecular flexibility index (Phi) is 10.9. The van der Waals surface area contributed by atoms with Crippen LogP contribution in [0.2, 0.25) is 0 Å². The average molecular weight is 1020 g/mol. The molecule has 3 heteroatoms. The summed E-state index contributed by atoms with van der Waals surface area (Å²) in [7, 11) is 0. The SMILES string of the molecule is CC1(C)c2ccccc2-c2ccc(N(c3ccc(-c4ccc(-c5cc(-c6ccccc6)c6cc(N(c7ccc8c(c7)C(C)(C)c7ccccc7-8)c7cccc8ccccc78)ccc6n5)cc4)cc3)c3cccc4ccccc34)cc21. The molecule has 0 radical (unpaired) electrons. The zero-order valence-electron chi connectivity index (χ0n) is 45.3. The number of anilines is 6. The molecule has 2 aliphatic rings. The Hall–Kier alpha value is -9.83. The molecule has 0 aliphatic heterocycles. The van der Waals surface area contributed by atoms with Crippen LogP contribution in [0.1, 0.15) is 49.9 Å². The molecule has 13 aromatic rings. The summed E-state index contributed by atoms with van der Waals surface area (Å²) in [5, 5.41) is 5.93. The lowest BCUT2D eigenvalue weighted by Crippen LogP contribution is -2.16. The lowest BCUT2D eigenvalue weighted by Gasteiger charge is -2.29. The second-order valence-corrected chi connectivity index (χ2v) is 22.7. The number of rotatable bonds is 9. The minimum Gasteiger partial charge on any atom is -0.310 e. The molecule has 0 fully saturated rings. The summed E-state index contributed by atoms with van der Waals surface area (Å²) in [5.41, 5.74) is 24.7. The second kappa shape index (κ2) is 18.4. The maximum atomic E-state index is 5.45. The summed E-state index contributed by atoms with van der Waals surface area (Å²) in [6, 6.07) is 100.